The standard InChI is InChI=1S/C20H28N2O6/c1-5-26-17(23)15-11-22(19(25)28-20(2,3)4)12-16(15)21-18(24)27-13-14-9-7-6-8-10-14/h6-10,15-16H,5,11-13H2,1-4H3,(H,21,24). The van der Waals surface area contributed by atoms with Crippen molar-refractivity contribution >= 4 is 18.2 Å². The summed E-state index contributed by atoms with van der Waals surface area (Å²) in [5.74, 6) is -1.15. The molecule has 0 saturated carbocycles. The first kappa shape index (κ1) is 21.5. The van der Waals surface area contributed by atoms with Crippen LogP contribution >= 0.6 is 0 Å². The second-order valence-corrected chi connectivity index (χ2v) is 7.56. The summed E-state index contributed by atoms with van der Waals surface area (Å²) in [6.07, 6.45) is -1.20. The van der Waals surface area contributed by atoms with Gasteiger partial charge < -0.3 is 24.4 Å². The van der Waals surface area contributed by atoms with E-state index in [0.717, 1.165) is 5.56 Å². The Bertz CT molecular complexity index is 686. The summed E-state index contributed by atoms with van der Waals surface area (Å²) in [5.41, 5.74) is 0.192. The Morgan fingerprint density at radius 3 is 2.39 bits per heavy atom. The van der Waals surface area contributed by atoms with Gasteiger partial charge in [0.15, 0.2) is 0 Å². The van der Waals surface area contributed by atoms with Gasteiger partial charge in [0, 0.05) is 13.1 Å². The molecule has 0 aliphatic carbocycles. The van der Waals surface area contributed by atoms with E-state index >= 15 is 0 Å². The first-order valence-corrected chi connectivity index (χ1v) is 9.31. The van der Waals surface area contributed by atoms with Crippen LogP contribution in [0.15, 0.2) is 30.3 Å². The molecule has 8 nitrogen and oxygen atoms in total. The van der Waals surface area contributed by atoms with Crippen LogP contribution in [-0.2, 0) is 25.6 Å². The Balaban J connectivity index is 1.98. The fourth-order valence-corrected chi connectivity index (χ4v) is 2.83. The third-order valence-corrected chi connectivity index (χ3v) is 4.08. The number of amides is 2. The normalized spacial score (nSPS) is 19.1. The molecule has 1 aliphatic rings. The Kier molecular flexibility index (Phi) is 7.25. The van der Waals surface area contributed by atoms with Gasteiger partial charge in [-0.15, -0.1) is 0 Å². The molecule has 154 valence electrons. The van der Waals surface area contributed by atoms with E-state index in [-0.39, 0.29) is 26.3 Å². The van der Waals surface area contributed by atoms with Gasteiger partial charge in [0.25, 0.3) is 0 Å². The highest BCUT2D eigenvalue weighted by molar-refractivity contribution is 5.78. The Morgan fingerprint density at radius 2 is 1.79 bits per heavy atom. The van der Waals surface area contributed by atoms with Gasteiger partial charge >= 0.3 is 18.2 Å². The maximum Gasteiger partial charge on any atom is 0.410 e. The van der Waals surface area contributed by atoms with Crippen LogP contribution in [0, 0.1) is 5.92 Å². The Morgan fingerprint density at radius 1 is 1.11 bits per heavy atom. The SMILES string of the molecule is CCOC(=O)C1CN(C(=O)OC(C)(C)C)CC1NC(=O)OCc1ccccc1. The first-order chi connectivity index (χ1) is 13.2. The lowest BCUT2D eigenvalue weighted by atomic mass is 10.0. The van der Waals surface area contributed by atoms with Crippen LogP contribution in [0.1, 0.15) is 33.3 Å². The number of esters is 1. The molecule has 1 aromatic carbocycles. The molecule has 2 rings (SSSR count). The lowest BCUT2D eigenvalue weighted by molar-refractivity contribution is -0.148. The molecule has 2 unspecified atom stereocenters. The molecule has 1 N–H and O–H groups in total. The molecule has 1 heterocycles. The van der Waals surface area contributed by atoms with Gasteiger partial charge in [-0.3, -0.25) is 4.79 Å². The Labute approximate surface area is 165 Å². The average Bonchev–Trinajstić information content (AvgIpc) is 3.04. The van der Waals surface area contributed by atoms with E-state index in [0.29, 0.717) is 0 Å². The smallest absolute Gasteiger partial charge is 0.410 e. The van der Waals surface area contributed by atoms with E-state index in [1.807, 2.05) is 30.3 Å². The quantitative estimate of drug-likeness (QED) is 0.612. The molecule has 0 radical (unpaired) electrons. The number of benzene rings is 1. The van der Waals surface area contributed by atoms with Crippen molar-refractivity contribution in [2.45, 2.75) is 45.9 Å². The van der Waals surface area contributed by atoms with Crippen LogP contribution < -0.4 is 5.32 Å². The van der Waals surface area contributed by atoms with Crippen molar-refractivity contribution in [1.82, 2.24) is 10.2 Å². The second-order valence-electron chi connectivity index (χ2n) is 7.56. The van der Waals surface area contributed by atoms with Crippen molar-refractivity contribution in [3.63, 3.8) is 0 Å². The van der Waals surface area contributed by atoms with Gasteiger partial charge in [0.2, 0.25) is 0 Å². The topological polar surface area (TPSA) is 94.2 Å². The number of alkyl carbamates (subject to hydrolysis) is 1. The van der Waals surface area contributed by atoms with Gasteiger partial charge in [-0.25, -0.2) is 9.59 Å². The fraction of sp³-hybridized carbons (Fsp3) is 0.550. The lowest BCUT2D eigenvalue weighted by Gasteiger charge is -2.24. The van der Waals surface area contributed by atoms with E-state index in [1.165, 1.54) is 4.90 Å². The first-order valence-electron chi connectivity index (χ1n) is 9.31. The summed E-state index contributed by atoms with van der Waals surface area (Å²) < 4.78 is 15.7. The molecule has 1 aliphatic heterocycles. The van der Waals surface area contributed by atoms with Crippen molar-refractivity contribution in [2.75, 3.05) is 19.7 Å². The third kappa shape index (κ3) is 6.44. The summed E-state index contributed by atoms with van der Waals surface area (Å²) in [6.45, 7) is 7.57. The number of rotatable bonds is 5. The van der Waals surface area contributed by atoms with Gasteiger partial charge in [-0.05, 0) is 33.3 Å². The van der Waals surface area contributed by atoms with Crippen LogP contribution in [0.2, 0.25) is 0 Å². The van der Waals surface area contributed by atoms with E-state index in [4.69, 9.17) is 14.2 Å². The van der Waals surface area contributed by atoms with E-state index in [9.17, 15) is 14.4 Å². The zero-order valence-electron chi connectivity index (χ0n) is 16.8. The predicted octanol–water partition coefficient (Wildman–Crippen LogP) is 2.71. The Hall–Kier alpha value is -2.77. The van der Waals surface area contributed by atoms with Crippen LogP contribution in [0.3, 0.4) is 0 Å². The molecular formula is C20H28N2O6. The van der Waals surface area contributed by atoms with Gasteiger partial charge in [0.05, 0.1) is 18.6 Å². The number of hydrogen-bond donors (Lipinski definition) is 1. The molecule has 2 amide bonds. The summed E-state index contributed by atoms with van der Waals surface area (Å²) in [6, 6.07) is 8.64. The number of carbonyl (C=O) groups is 3. The van der Waals surface area contributed by atoms with E-state index < -0.39 is 35.7 Å². The highest BCUT2D eigenvalue weighted by atomic mass is 16.6. The lowest BCUT2D eigenvalue weighted by Crippen LogP contribution is -2.44. The highest BCUT2D eigenvalue weighted by Gasteiger charge is 2.42. The molecule has 1 saturated heterocycles. The van der Waals surface area contributed by atoms with Crippen molar-refractivity contribution in [2.24, 2.45) is 5.92 Å². The average molecular weight is 392 g/mol. The largest absolute Gasteiger partial charge is 0.466 e. The van der Waals surface area contributed by atoms with Crippen molar-refractivity contribution in [3.05, 3.63) is 35.9 Å². The monoisotopic (exact) mass is 392 g/mol. The maximum absolute atomic E-state index is 12.3. The van der Waals surface area contributed by atoms with Crippen LogP contribution in [0.5, 0.6) is 0 Å². The molecule has 2 atom stereocenters. The van der Waals surface area contributed by atoms with Gasteiger partial charge in [-0.1, -0.05) is 30.3 Å². The number of ether oxygens (including phenoxy) is 3. The highest BCUT2D eigenvalue weighted by Crippen LogP contribution is 2.22. The number of nitrogens with one attached hydrogen (secondary N) is 1. The summed E-state index contributed by atoms with van der Waals surface area (Å²) in [4.78, 5) is 38.2. The molecular weight excluding hydrogens is 364 g/mol. The van der Waals surface area contributed by atoms with E-state index in [1.54, 1.807) is 27.7 Å². The maximum atomic E-state index is 12.3. The van der Waals surface area contributed by atoms with E-state index in [2.05, 4.69) is 5.32 Å². The molecule has 0 spiro atoms. The molecule has 0 bridgehead atoms. The van der Waals surface area contributed by atoms with Gasteiger partial charge in [-0.2, -0.15) is 0 Å². The summed E-state index contributed by atoms with van der Waals surface area (Å²) in [7, 11) is 0. The molecule has 8 heteroatoms. The molecule has 0 aromatic heterocycles. The minimum Gasteiger partial charge on any atom is -0.466 e. The predicted molar refractivity (Wildman–Crippen MR) is 101 cm³/mol. The van der Waals surface area contributed by atoms with Crippen LogP contribution in [-0.4, -0.2) is 54.4 Å². The number of carbonyl (C=O) groups excluding carboxylic acids is 3. The van der Waals surface area contributed by atoms with Crippen LogP contribution in [0.25, 0.3) is 0 Å². The van der Waals surface area contributed by atoms with Crippen LogP contribution in [0.4, 0.5) is 9.59 Å². The molecule has 1 fully saturated rings. The zero-order chi connectivity index (χ0) is 20.7. The van der Waals surface area contributed by atoms with Crippen molar-refractivity contribution in [3.8, 4) is 0 Å². The minimum atomic E-state index is -0.684. The number of nitrogens with zero attached hydrogens (tertiary/aromatic N) is 1. The summed E-state index contributed by atoms with van der Waals surface area (Å²) >= 11 is 0. The molecule has 28 heavy (non-hydrogen) atoms. The number of likely N-dealkylation sites (tertiary alicyclic amines) is 1. The van der Waals surface area contributed by atoms with Crippen molar-refractivity contribution < 1.29 is 28.6 Å². The molecule has 1 aromatic rings. The second kappa shape index (κ2) is 9.43. The third-order valence-electron chi connectivity index (χ3n) is 4.08. The zero-order valence-corrected chi connectivity index (χ0v) is 16.8. The summed E-state index contributed by atoms with van der Waals surface area (Å²) in [5, 5.41) is 2.67. The fourth-order valence-electron chi connectivity index (χ4n) is 2.83. The minimum absolute atomic E-state index is 0.109. The number of hydrogen-bond acceptors (Lipinski definition) is 6. The van der Waals surface area contributed by atoms with Crippen molar-refractivity contribution in [1.29, 1.82) is 0 Å². The van der Waals surface area contributed by atoms with Gasteiger partial charge in [0.1, 0.15) is 12.2 Å².